The second-order valence-corrected chi connectivity index (χ2v) is 7.83. The largest absolute Gasteiger partial charge is 0.325 e. The van der Waals surface area contributed by atoms with Crippen LogP contribution >= 0.6 is 11.8 Å². The van der Waals surface area contributed by atoms with Gasteiger partial charge in [-0.25, -0.2) is 0 Å². The van der Waals surface area contributed by atoms with Crippen LogP contribution in [0.5, 0.6) is 0 Å². The topological polar surface area (TPSA) is 82.9 Å². The van der Waals surface area contributed by atoms with Crippen molar-refractivity contribution in [2.75, 3.05) is 5.32 Å². The van der Waals surface area contributed by atoms with Gasteiger partial charge in [-0.05, 0) is 30.5 Å². The quantitative estimate of drug-likeness (QED) is 0.532. The van der Waals surface area contributed by atoms with Gasteiger partial charge in [0.2, 0.25) is 11.8 Å². The van der Waals surface area contributed by atoms with E-state index < -0.39 is 5.25 Å². The minimum absolute atomic E-state index is 0.105. The van der Waals surface area contributed by atoms with E-state index in [1.165, 1.54) is 11.8 Å². The van der Waals surface area contributed by atoms with Gasteiger partial charge in [0.25, 0.3) is 0 Å². The molecule has 0 spiro atoms. The molecular weight excluding hydrogens is 384 g/mol. The third kappa shape index (κ3) is 6.29. The maximum absolute atomic E-state index is 12.6. The minimum atomic E-state index is -0.547. The molecule has 1 atom stereocenters. The van der Waals surface area contributed by atoms with Gasteiger partial charge in [0, 0.05) is 12.1 Å². The van der Waals surface area contributed by atoms with Crippen molar-refractivity contribution in [1.29, 1.82) is 0 Å². The number of amidine groups is 1. The fourth-order valence-electron chi connectivity index (χ4n) is 2.82. The number of hydrogen-bond donors (Lipinski definition) is 2. The van der Waals surface area contributed by atoms with E-state index in [1.807, 2.05) is 60.7 Å². The van der Waals surface area contributed by atoms with Crippen molar-refractivity contribution in [1.82, 2.24) is 5.32 Å². The van der Waals surface area contributed by atoms with Crippen molar-refractivity contribution in [2.24, 2.45) is 10.2 Å². The third-order valence-electron chi connectivity index (χ3n) is 4.34. The van der Waals surface area contributed by atoms with Crippen LogP contribution in [0.25, 0.3) is 0 Å². The van der Waals surface area contributed by atoms with Gasteiger partial charge in [-0.15, -0.1) is 5.10 Å². The molecule has 2 amide bonds. The number of para-hydroxylation sites is 1. The lowest BCUT2D eigenvalue weighted by Crippen LogP contribution is -2.41. The van der Waals surface area contributed by atoms with E-state index >= 15 is 0 Å². The molecule has 1 heterocycles. The highest BCUT2D eigenvalue weighted by Gasteiger charge is 2.30. The Morgan fingerprint density at radius 3 is 2.52 bits per heavy atom. The summed E-state index contributed by atoms with van der Waals surface area (Å²) in [5, 5.41) is 14.0. The summed E-state index contributed by atoms with van der Waals surface area (Å²) >= 11 is 1.22. The molecule has 1 unspecified atom stereocenters. The number of anilines is 1. The number of rotatable bonds is 7. The SMILES string of the molecule is CCCC/C(=N/N=C1\NC(=O)CC(C(=O)Nc2ccccc2)S1)c1ccccc1. The van der Waals surface area contributed by atoms with Gasteiger partial charge in [-0.3, -0.25) is 9.59 Å². The molecule has 3 rings (SSSR count). The Labute approximate surface area is 174 Å². The average Bonchev–Trinajstić information content (AvgIpc) is 2.75. The molecule has 0 bridgehead atoms. The van der Waals surface area contributed by atoms with E-state index in [1.54, 1.807) is 0 Å². The van der Waals surface area contributed by atoms with E-state index in [4.69, 9.17) is 0 Å². The van der Waals surface area contributed by atoms with Crippen LogP contribution in [0.4, 0.5) is 5.69 Å². The Morgan fingerprint density at radius 2 is 1.83 bits per heavy atom. The zero-order chi connectivity index (χ0) is 20.5. The predicted molar refractivity (Wildman–Crippen MR) is 119 cm³/mol. The van der Waals surface area contributed by atoms with Gasteiger partial charge < -0.3 is 10.6 Å². The van der Waals surface area contributed by atoms with Crippen molar-refractivity contribution >= 4 is 40.1 Å². The van der Waals surface area contributed by atoms with E-state index in [0.29, 0.717) is 10.9 Å². The molecule has 150 valence electrons. The lowest BCUT2D eigenvalue weighted by molar-refractivity contribution is -0.123. The van der Waals surface area contributed by atoms with E-state index in [2.05, 4.69) is 27.8 Å². The highest BCUT2D eigenvalue weighted by molar-refractivity contribution is 8.15. The van der Waals surface area contributed by atoms with Crippen molar-refractivity contribution < 1.29 is 9.59 Å². The van der Waals surface area contributed by atoms with Crippen LogP contribution in [0.2, 0.25) is 0 Å². The molecule has 0 aliphatic carbocycles. The van der Waals surface area contributed by atoms with Gasteiger partial charge in [0.05, 0.1) is 5.71 Å². The van der Waals surface area contributed by atoms with Crippen LogP contribution in [0.15, 0.2) is 70.9 Å². The van der Waals surface area contributed by atoms with Gasteiger partial charge in [0.1, 0.15) is 5.25 Å². The molecule has 0 saturated carbocycles. The Hall–Kier alpha value is -2.93. The Morgan fingerprint density at radius 1 is 1.14 bits per heavy atom. The zero-order valence-corrected chi connectivity index (χ0v) is 17.1. The molecule has 1 saturated heterocycles. The molecule has 1 aliphatic rings. The predicted octanol–water partition coefficient (Wildman–Crippen LogP) is 4.20. The second kappa shape index (κ2) is 10.6. The maximum atomic E-state index is 12.6. The molecule has 29 heavy (non-hydrogen) atoms. The lowest BCUT2D eigenvalue weighted by atomic mass is 10.1. The first-order valence-electron chi connectivity index (χ1n) is 9.68. The third-order valence-corrected chi connectivity index (χ3v) is 5.41. The molecule has 6 nitrogen and oxygen atoms in total. The van der Waals surface area contributed by atoms with Gasteiger partial charge in [0.15, 0.2) is 5.17 Å². The Bertz CT molecular complexity index is 898. The van der Waals surface area contributed by atoms with Crippen LogP contribution in [0, 0.1) is 0 Å². The van der Waals surface area contributed by atoms with Gasteiger partial charge in [-0.1, -0.05) is 73.6 Å². The number of carbonyl (C=O) groups is 2. The maximum Gasteiger partial charge on any atom is 0.238 e. The van der Waals surface area contributed by atoms with Crippen molar-refractivity contribution in [2.45, 2.75) is 37.9 Å². The fourth-order valence-corrected chi connectivity index (χ4v) is 3.75. The zero-order valence-electron chi connectivity index (χ0n) is 16.3. The highest BCUT2D eigenvalue weighted by Crippen LogP contribution is 2.23. The first kappa shape index (κ1) is 20.8. The second-order valence-electron chi connectivity index (χ2n) is 6.64. The lowest BCUT2D eigenvalue weighted by Gasteiger charge is -2.21. The van der Waals surface area contributed by atoms with Gasteiger partial charge in [-0.2, -0.15) is 5.10 Å². The van der Waals surface area contributed by atoms with Crippen LogP contribution < -0.4 is 10.6 Å². The first-order valence-corrected chi connectivity index (χ1v) is 10.6. The van der Waals surface area contributed by atoms with Gasteiger partial charge >= 0.3 is 0 Å². The number of nitrogens with one attached hydrogen (secondary N) is 2. The summed E-state index contributed by atoms with van der Waals surface area (Å²) in [5.41, 5.74) is 2.58. The summed E-state index contributed by atoms with van der Waals surface area (Å²) in [6.45, 7) is 2.13. The number of thioether (sulfide) groups is 1. The summed E-state index contributed by atoms with van der Waals surface area (Å²) < 4.78 is 0. The number of amides is 2. The number of nitrogens with zero attached hydrogens (tertiary/aromatic N) is 2. The summed E-state index contributed by atoms with van der Waals surface area (Å²) in [7, 11) is 0. The highest BCUT2D eigenvalue weighted by atomic mass is 32.2. The van der Waals surface area contributed by atoms with E-state index in [9.17, 15) is 9.59 Å². The number of carbonyl (C=O) groups excluding carboxylic acids is 2. The monoisotopic (exact) mass is 408 g/mol. The van der Waals surface area contributed by atoms with Crippen LogP contribution in [0.3, 0.4) is 0 Å². The molecule has 2 aromatic carbocycles. The van der Waals surface area contributed by atoms with Crippen LogP contribution in [0.1, 0.15) is 38.2 Å². The standard InChI is InChI=1S/C22H24N4O2S/c1-2-3-14-18(16-10-6-4-7-11-16)25-26-22-24-20(27)15-19(29-22)21(28)23-17-12-8-5-9-13-17/h4-13,19H,2-3,14-15H2,1H3,(H,23,28)(H,24,26,27)/b25-18-. The van der Waals surface area contributed by atoms with Crippen molar-refractivity contribution in [3.05, 3.63) is 66.2 Å². The average molecular weight is 409 g/mol. The van der Waals surface area contributed by atoms with Crippen LogP contribution in [-0.2, 0) is 9.59 Å². The van der Waals surface area contributed by atoms with Crippen molar-refractivity contribution in [3.8, 4) is 0 Å². The first-order chi connectivity index (χ1) is 14.2. The van der Waals surface area contributed by atoms with E-state index in [-0.39, 0.29) is 18.2 Å². The minimum Gasteiger partial charge on any atom is -0.325 e. The summed E-state index contributed by atoms with van der Waals surface area (Å²) in [6.07, 6.45) is 2.96. The molecule has 7 heteroatoms. The molecule has 2 aromatic rings. The molecular formula is C22H24N4O2S. The number of unbranched alkanes of at least 4 members (excludes halogenated alkanes) is 1. The molecule has 2 N–H and O–H groups in total. The smallest absolute Gasteiger partial charge is 0.238 e. The Balaban J connectivity index is 1.74. The molecule has 0 aromatic heterocycles. The molecule has 0 radical (unpaired) electrons. The molecule has 1 aliphatic heterocycles. The Kier molecular flexibility index (Phi) is 7.58. The summed E-state index contributed by atoms with van der Waals surface area (Å²) in [4.78, 5) is 24.7. The summed E-state index contributed by atoms with van der Waals surface area (Å²) in [6, 6.07) is 19.1. The van der Waals surface area contributed by atoms with E-state index in [0.717, 1.165) is 30.5 Å². The normalized spacial score (nSPS) is 18.4. The molecule has 1 fully saturated rings. The fraction of sp³-hybridized carbons (Fsp3) is 0.273. The van der Waals surface area contributed by atoms with Crippen LogP contribution in [-0.4, -0.2) is 27.9 Å². The number of benzene rings is 2. The number of hydrogen-bond acceptors (Lipinski definition) is 5. The summed E-state index contributed by atoms with van der Waals surface area (Å²) in [5.74, 6) is -0.456. The van der Waals surface area contributed by atoms with Crippen molar-refractivity contribution in [3.63, 3.8) is 0 Å².